The van der Waals surface area contributed by atoms with Gasteiger partial charge in [0.1, 0.15) is 0 Å². The van der Waals surface area contributed by atoms with Crippen LogP contribution in [0.5, 0.6) is 0 Å². The minimum atomic E-state index is -1.25. The number of carbonyl (C=O) groups excluding carboxylic acids is 2. The Morgan fingerprint density at radius 1 is 1.00 bits per heavy atom. The number of pyridine rings is 1. The number of benzene rings is 3. The number of nitrogens with zero attached hydrogens (tertiary/aromatic N) is 1. The molecular formula is C26H25N3O3. The number of carboxylic acid groups (broad SMARTS) is 1. The third kappa shape index (κ3) is 3.92. The van der Waals surface area contributed by atoms with Crippen LogP contribution in [-0.2, 0) is 11.3 Å². The van der Waals surface area contributed by atoms with Crippen molar-refractivity contribution in [1.29, 1.82) is 0 Å². The van der Waals surface area contributed by atoms with Gasteiger partial charge in [0.05, 0.1) is 22.9 Å². The highest BCUT2D eigenvalue weighted by atomic mass is 16.4. The largest absolute Gasteiger partial charge is 0.545 e. The SMILES string of the molecule is Cc1ccc(-c2ccc3c(c2)c(C(=O)[O-])c2ccccc2[n+]3CC(=O)NC(C)N)c(C)c1. The minimum absolute atomic E-state index is 0.00872. The number of fused-ring (bicyclic) bond motifs is 2. The standard InChI is InChI=1S/C26H25N3O3/c1-15-8-10-19(16(2)12-15)18-9-11-23-21(13-18)25(26(31)32)20-6-4-5-7-22(20)29(23)14-24(30)28-17(3)27/h4-13,17H,14,27H2,1-3H3,(H-,28,30,31,32). The van der Waals surface area contributed by atoms with Crippen molar-refractivity contribution in [3.8, 4) is 11.1 Å². The van der Waals surface area contributed by atoms with E-state index in [2.05, 4.69) is 11.4 Å². The molecule has 0 spiro atoms. The van der Waals surface area contributed by atoms with Gasteiger partial charge in [0.15, 0.2) is 0 Å². The second kappa shape index (κ2) is 8.40. The van der Waals surface area contributed by atoms with Crippen molar-refractivity contribution in [3.05, 3.63) is 77.4 Å². The monoisotopic (exact) mass is 427 g/mol. The van der Waals surface area contributed by atoms with Gasteiger partial charge >= 0.3 is 0 Å². The Hall–Kier alpha value is -3.77. The zero-order valence-electron chi connectivity index (χ0n) is 18.3. The second-order valence-corrected chi connectivity index (χ2v) is 8.17. The maximum absolute atomic E-state index is 12.6. The molecule has 32 heavy (non-hydrogen) atoms. The molecule has 6 nitrogen and oxygen atoms in total. The number of aromatic nitrogens is 1. The average molecular weight is 428 g/mol. The van der Waals surface area contributed by atoms with Crippen LogP contribution in [0.4, 0.5) is 0 Å². The molecule has 0 fully saturated rings. The van der Waals surface area contributed by atoms with Gasteiger partial charge in [-0.05, 0) is 55.7 Å². The first kappa shape index (κ1) is 21.5. The van der Waals surface area contributed by atoms with Crippen LogP contribution in [0.15, 0.2) is 60.7 Å². The Labute approximate surface area is 186 Å². The molecule has 0 saturated heterocycles. The summed E-state index contributed by atoms with van der Waals surface area (Å²) < 4.78 is 1.82. The third-order valence-electron chi connectivity index (χ3n) is 5.61. The predicted molar refractivity (Wildman–Crippen MR) is 123 cm³/mol. The van der Waals surface area contributed by atoms with Crippen LogP contribution in [-0.4, -0.2) is 18.0 Å². The normalized spacial score (nSPS) is 12.1. The van der Waals surface area contributed by atoms with E-state index in [0.29, 0.717) is 21.8 Å². The fraction of sp³-hybridized carbons (Fsp3) is 0.192. The first-order chi connectivity index (χ1) is 15.3. The zero-order valence-corrected chi connectivity index (χ0v) is 18.3. The lowest BCUT2D eigenvalue weighted by Gasteiger charge is -2.15. The third-order valence-corrected chi connectivity index (χ3v) is 5.61. The summed E-state index contributed by atoms with van der Waals surface area (Å²) in [5.74, 6) is -1.51. The summed E-state index contributed by atoms with van der Waals surface area (Å²) >= 11 is 0. The molecule has 6 heteroatoms. The molecule has 1 heterocycles. The fourth-order valence-electron chi connectivity index (χ4n) is 4.31. The highest BCUT2D eigenvalue weighted by molar-refractivity contribution is 6.12. The Bertz CT molecular complexity index is 1380. The molecule has 1 amide bonds. The summed E-state index contributed by atoms with van der Waals surface area (Å²) in [4.78, 5) is 24.8. The van der Waals surface area contributed by atoms with Crippen LogP contribution < -0.4 is 20.7 Å². The van der Waals surface area contributed by atoms with E-state index in [9.17, 15) is 14.7 Å². The van der Waals surface area contributed by atoms with Crippen LogP contribution in [0.2, 0.25) is 0 Å². The first-order valence-electron chi connectivity index (χ1n) is 10.5. The van der Waals surface area contributed by atoms with E-state index in [1.807, 2.05) is 54.8 Å². The highest BCUT2D eigenvalue weighted by Gasteiger charge is 2.24. The van der Waals surface area contributed by atoms with Crippen molar-refractivity contribution >= 4 is 33.7 Å². The zero-order chi connectivity index (χ0) is 23.0. The molecule has 0 radical (unpaired) electrons. The number of hydrogen-bond donors (Lipinski definition) is 2. The van der Waals surface area contributed by atoms with E-state index in [4.69, 9.17) is 5.73 Å². The summed E-state index contributed by atoms with van der Waals surface area (Å²) in [6.45, 7) is 5.77. The average Bonchev–Trinajstić information content (AvgIpc) is 2.72. The van der Waals surface area contributed by atoms with Crippen molar-refractivity contribution in [3.63, 3.8) is 0 Å². The quantitative estimate of drug-likeness (QED) is 0.290. The number of carbonyl (C=O) groups is 2. The van der Waals surface area contributed by atoms with E-state index in [0.717, 1.165) is 22.3 Å². The molecule has 3 N–H and O–H groups in total. The summed E-state index contributed by atoms with van der Waals surface area (Å²) in [5, 5.41) is 16.0. The van der Waals surface area contributed by atoms with E-state index in [-0.39, 0.29) is 18.0 Å². The molecule has 0 aliphatic rings. The van der Waals surface area contributed by atoms with Crippen molar-refractivity contribution < 1.29 is 19.3 Å². The summed E-state index contributed by atoms with van der Waals surface area (Å²) in [6, 6.07) is 19.0. The number of para-hydroxylation sites is 1. The minimum Gasteiger partial charge on any atom is -0.545 e. The molecule has 0 bridgehead atoms. The molecule has 1 atom stereocenters. The Morgan fingerprint density at radius 3 is 2.41 bits per heavy atom. The Kier molecular flexibility index (Phi) is 5.63. The van der Waals surface area contributed by atoms with Crippen molar-refractivity contribution in [1.82, 2.24) is 5.32 Å². The lowest BCUT2D eigenvalue weighted by Crippen LogP contribution is -2.48. The van der Waals surface area contributed by atoms with E-state index < -0.39 is 12.1 Å². The van der Waals surface area contributed by atoms with E-state index in [1.165, 1.54) is 0 Å². The Morgan fingerprint density at radius 2 is 1.72 bits per heavy atom. The van der Waals surface area contributed by atoms with Gasteiger partial charge in [0, 0.05) is 17.7 Å². The Balaban J connectivity index is 2.03. The highest BCUT2D eigenvalue weighted by Crippen LogP contribution is 2.31. The molecule has 0 aliphatic carbocycles. The topological polar surface area (TPSA) is 99.1 Å². The van der Waals surface area contributed by atoms with Crippen molar-refractivity contribution in [2.75, 3.05) is 0 Å². The second-order valence-electron chi connectivity index (χ2n) is 8.17. The van der Waals surface area contributed by atoms with Crippen LogP contribution in [0.1, 0.15) is 28.4 Å². The number of aromatic carboxylic acids is 1. The summed E-state index contributed by atoms with van der Waals surface area (Å²) in [6.07, 6.45) is -0.487. The molecule has 1 aromatic heterocycles. The van der Waals surface area contributed by atoms with Gasteiger partial charge < -0.3 is 21.0 Å². The van der Waals surface area contributed by atoms with Crippen molar-refractivity contribution in [2.24, 2.45) is 5.73 Å². The smallest absolute Gasteiger partial charge is 0.287 e. The lowest BCUT2D eigenvalue weighted by atomic mass is 9.94. The van der Waals surface area contributed by atoms with Gasteiger partial charge in [0.25, 0.3) is 5.91 Å². The van der Waals surface area contributed by atoms with Gasteiger partial charge in [-0.1, -0.05) is 35.9 Å². The molecule has 4 rings (SSSR count). The van der Waals surface area contributed by atoms with Crippen LogP contribution in [0, 0.1) is 13.8 Å². The maximum Gasteiger partial charge on any atom is 0.287 e. The lowest BCUT2D eigenvalue weighted by molar-refractivity contribution is -0.632. The van der Waals surface area contributed by atoms with Crippen molar-refractivity contribution in [2.45, 2.75) is 33.5 Å². The molecule has 1 unspecified atom stereocenters. The number of aryl methyl sites for hydroxylation is 2. The van der Waals surface area contributed by atoms with E-state index in [1.54, 1.807) is 25.1 Å². The van der Waals surface area contributed by atoms with Crippen LogP contribution >= 0.6 is 0 Å². The summed E-state index contributed by atoms with van der Waals surface area (Å²) in [7, 11) is 0. The van der Waals surface area contributed by atoms with Gasteiger partial charge in [-0.2, -0.15) is 4.57 Å². The number of nitrogens with two attached hydrogens (primary N) is 1. The summed E-state index contributed by atoms with van der Waals surface area (Å²) in [5.41, 5.74) is 11.3. The molecule has 3 aromatic carbocycles. The molecule has 162 valence electrons. The van der Waals surface area contributed by atoms with Crippen LogP contribution in [0.3, 0.4) is 0 Å². The van der Waals surface area contributed by atoms with Gasteiger partial charge in [-0.15, -0.1) is 0 Å². The number of nitrogens with one attached hydrogen (secondary N) is 1. The number of rotatable bonds is 5. The predicted octanol–water partition coefficient (Wildman–Crippen LogP) is 2.35. The van der Waals surface area contributed by atoms with Gasteiger partial charge in [-0.25, -0.2) is 0 Å². The maximum atomic E-state index is 12.6. The van der Waals surface area contributed by atoms with Crippen LogP contribution in [0.25, 0.3) is 32.9 Å². The van der Waals surface area contributed by atoms with Gasteiger partial charge in [0.2, 0.25) is 17.6 Å². The molecule has 0 aliphatic heterocycles. The van der Waals surface area contributed by atoms with Gasteiger partial charge in [-0.3, -0.25) is 4.79 Å². The fourth-order valence-corrected chi connectivity index (χ4v) is 4.31. The molecule has 4 aromatic rings. The number of amides is 1. The number of carboxylic acids is 1. The number of hydrogen-bond acceptors (Lipinski definition) is 4. The molecular weight excluding hydrogens is 402 g/mol. The first-order valence-corrected chi connectivity index (χ1v) is 10.5. The van der Waals surface area contributed by atoms with E-state index >= 15 is 0 Å². The molecule has 0 saturated carbocycles.